The number of rotatable bonds is 1. The zero-order chi connectivity index (χ0) is 15.5. The van der Waals surface area contributed by atoms with Crippen molar-refractivity contribution in [3.8, 4) is 0 Å². The van der Waals surface area contributed by atoms with Gasteiger partial charge in [0.1, 0.15) is 0 Å². The van der Waals surface area contributed by atoms with E-state index in [0.29, 0.717) is 17.8 Å². The van der Waals surface area contributed by atoms with Crippen molar-refractivity contribution in [1.82, 2.24) is 0 Å². The Morgan fingerprint density at radius 2 is 2.09 bits per heavy atom. The molecule has 0 amide bonds. The lowest BCUT2D eigenvalue weighted by molar-refractivity contribution is -0.0925. The van der Waals surface area contributed by atoms with Gasteiger partial charge >= 0.3 is 0 Å². The standard InChI is InChI=1S/C19H28O3/c1-19-10-16(20)18-13-6-4-12(22-2)9-11(13)3-5-14(18)15(19)7-8-17(19)21/h4,14-18,20-21H,3,5-10H2,1-2H3/t14-,15-,16+,17+,18+,19-/m0/s1/i9+2. The summed E-state index contributed by atoms with van der Waals surface area (Å²) in [6, 6.07) is 0. The van der Waals surface area contributed by atoms with E-state index in [0.717, 1.165) is 44.3 Å². The van der Waals surface area contributed by atoms with E-state index in [1.54, 1.807) is 7.11 Å². The molecule has 4 rings (SSSR count). The second kappa shape index (κ2) is 5.10. The second-order valence-electron chi connectivity index (χ2n) is 8.09. The van der Waals surface area contributed by atoms with Crippen molar-refractivity contribution in [2.75, 3.05) is 7.11 Å². The predicted molar refractivity (Wildman–Crippen MR) is 85.0 cm³/mol. The Bertz CT molecular complexity index is 535. The molecule has 0 bridgehead atoms. The highest BCUT2D eigenvalue weighted by Crippen LogP contribution is 2.61. The SMILES string of the molecule is COC1=CCC2=C(CC[C@@H]3[C@@H]2[C@H](O)C[C@]2(C)[C@H](O)CC[C@@H]32)[14CH2]1. The average molecular weight is 306 g/mol. The van der Waals surface area contributed by atoms with Crippen molar-refractivity contribution >= 4 is 0 Å². The summed E-state index contributed by atoms with van der Waals surface area (Å²) in [5.41, 5.74) is 2.94. The first-order valence-electron chi connectivity index (χ1n) is 8.84. The van der Waals surface area contributed by atoms with Crippen LogP contribution in [0.4, 0.5) is 0 Å². The van der Waals surface area contributed by atoms with Gasteiger partial charge in [0.2, 0.25) is 0 Å². The third-order valence-electron chi connectivity index (χ3n) is 7.24. The molecular weight excluding hydrogens is 278 g/mol. The Labute approximate surface area is 133 Å². The number of fused-ring (bicyclic) bond motifs is 4. The molecule has 0 radical (unpaired) electrons. The third kappa shape index (κ3) is 1.94. The average Bonchev–Trinajstić information content (AvgIpc) is 2.81. The predicted octanol–water partition coefficient (Wildman–Crippen LogP) is 3.18. The van der Waals surface area contributed by atoms with E-state index < -0.39 is 0 Å². The summed E-state index contributed by atoms with van der Waals surface area (Å²) in [7, 11) is 1.75. The van der Waals surface area contributed by atoms with Crippen LogP contribution in [0.5, 0.6) is 0 Å². The van der Waals surface area contributed by atoms with E-state index in [-0.39, 0.29) is 17.6 Å². The number of hydrogen-bond acceptors (Lipinski definition) is 3. The number of hydrogen-bond donors (Lipinski definition) is 2. The zero-order valence-electron chi connectivity index (χ0n) is 13.7. The fourth-order valence-corrected chi connectivity index (χ4v) is 6.10. The van der Waals surface area contributed by atoms with Gasteiger partial charge in [-0.2, -0.15) is 0 Å². The number of methoxy groups -OCH3 is 1. The number of aliphatic hydroxyl groups is 2. The fraction of sp³-hybridized carbons (Fsp3) is 0.789. The first kappa shape index (κ1) is 14.8. The smallest absolute Gasteiger partial charge is 0.0959 e. The van der Waals surface area contributed by atoms with Crippen LogP contribution >= 0.6 is 0 Å². The van der Waals surface area contributed by atoms with E-state index in [1.807, 2.05) is 0 Å². The van der Waals surface area contributed by atoms with Crippen molar-refractivity contribution in [1.29, 1.82) is 0 Å². The molecule has 0 aromatic carbocycles. The van der Waals surface area contributed by atoms with Crippen LogP contribution in [-0.4, -0.2) is 29.5 Å². The quantitative estimate of drug-likeness (QED) is 0.732. The Hall–Kier alpha value is -0.800. The highest BCUT2D eigenvalue weighted by molar-refractivity contribution is 5.33. The third-order valence-corrected chi connectivity index (χ3v) is 7.24. The zero-order valence-corrected chi connectivity index (χ0v) is 13.7. The molecule has 2 fully saturated rings. The first-order chi connectivity index (χ1) is 10.5. The molecular formula is C19H28O3. The van der Waals surface area contributed by atoms with E-state index in [9.17, 15) is 10.2 Å². The van der Waals surface area contributed by atoms with Crippen molar-refractivity contribution in [2.24, 2.45) is 23.2 Å². The number of allylic oxidation sites excluding steroid dienone is 2. The summed E-state index contributed by atoms with van der Waals surface area (Å²) in [6.45, 7) is 2.21. The van der Waals surface area contributed by atoms with Gasteiger partial charge in [0, 0.05) is 12.3 Å². The molecule has 2 N–H and O–H groups in total. The highest BCUT2D eigenvalue weighted by Gasteiger charge is 2.57. The minimum Gasteiger partial charge on any atom is -0.501 e. The lowest BCUT2D eigenvalue weighted by Crippen LogP contribution is -2.51. The van der Waals surface area contributed by atoms with Crippen LogP contribution < -0.4 is 0 Å². The molecule has 0 aromatic rings. The molecule has 22 heavy (non-hydrogen) atoms. The molecule has 6 atom stereocenters. The normalized spacial score (nSPS) is 47.5. The van der Waals surface area contributed by atoms with Gasteiger partial charge in [-0.3, -0.25) is 0 Å². The summed E-state index contributed by atoms with van der Waals surface area (Å²) in [6.07, 6.45) is 8.69. The van der Waals surface area contributed by atoms with Gasteiger partial charge in [-0.25, -0.2) is 0 Å². The molecule has 0 aromatic heterocycles. The van der Waals surface area contributed by atoms with Crippen molar-refractivity contribution in [3.63, 3.8) is 0 Å². The molecule has 0 aliphatic heterocycles. The first-order valence-corrected chi connectivity index (χ1v) is 8.84. The molecule has 0 unspecified atom stereocenters. The topological polar surface area (TPSA) is 49.7 Å². The maximum atomic E-state index is 10.9. The highest BCUT2D eigenvalue weighted by atomic mass is 16.5. The van der Waals surface area contributed by atoms with E-state index in [2.05, 4.69) is 13.0 Å². The fourth-order valence-electron chi connectivity index (χ4n) is 6.10. The van der Waals surface area contributed by atoms with Gasteiger partial charge in [-0.1, -0.05) is 18.1 Å². The molecule has 4 aliphatic rings. The summed E-state index contributed by atoms with van der Waals surface area (Å²) in [5, 5.41) is 21.3. The molecule has 0 saturated heterocycles. The molecule has 0 spiro atoms. The minimum absolute atomic E-state index is 0.0686. The minimum atomic E-state index is -0.290. The van der Waals surface area contributed by atoms with Crippen molar-refractivity contribution in [2.45, 2.75) is 64.1 Å². The van der Waals surface area contributed by atoms with Crippen LogP contribution in [0.2, 0.25) is 0 Å². The number of aliphatic hydroxyl groups excluding tert-OH is 2. The maximum Gasteiger partial charge on any atom is 0.0959 e. The summed E-state index contributed by atoms with van der Waals surface area (Å²) < 4.78 is 5.43. The summed E-state index contributed by atoms with van der Waals surface area (Å²) in [5.74, 6) is 2.55. The van der Waals surface area contributed by atoms with Crippen LogP contribution in [0, 0.1) is 23.2 Å². The van der Waals surface area contributed by atoms with E-state index in [4.69, 9.17) is 4.74 Å². The van der Waals surface area contributed by atoms with Gasteiger partial charge in [-0.15, -0.1) is 0 Å². The monoisotopic (exact) mass is 306 g/mol. The van der Waals surface area contributed by atoms with Gasteiger partial charge in [0.15, 0.2) is 0 Å². The Balaban J connectivity index is 1.66. The molecule has 3 heteroatoms. The molecule has 122 valence electrons. The largest absolute Gasteiger partial charge is 0.501 e. The van der Waals surface area contributed by atoms with E-state index >= 15 is 0 Å². The Morgan fingerprint density at radius 1 is 1.27 bits per heavy atom. The second-order valence-corrected chi connectivity index (χ2v) is 8.09. The summed E-state index contributed by atoms with van der Waals surface area (Å²) >= 11 is 0. The maximum absolute atomic E-state index is 10.9. The van der Waals surface area contributed by atoms with Gasteiger partial charge < -0.3 is 14.9 Å². The molecule has 0 heterocycles. The van der Waals surface area contributed by atoms with Crippen LogP contribution in [0.3, 0.4) is 0 Å². The van der Waals surface area contributed by atoms with Gasteiger partial charge in [0.25, 0.3) is 0 Å². The Morgan fingerprint density at radius 3 is 2.86 bits per heavy atom. The van der Waals surface area contributed by atoms with Gasteiger partial charge in [-0.05, 0) is 61.9 Å². The van der Waals surface area contributed by atoms with Crippen LogP contribution in [0.25, 0.3) is 0 Å². The Kier molecular flexibility index (Phi) is 3.43. The molecule has 3 nitrogen and oxygen atoms in total. The van der Waals surface area contributed by atoms with Crippen LogP contribution in [0.1, 0.15) is 51.9 Å². The van der Waals surface area contributed by atoms with Crippen molar-refractivity contribution < 1.29 is 14.9 Å². The molecule has 2 saturated carbocycles. The van der Waals surface area contributed by atoms with Crippen molar-refractivity contribution in [3.05, 3.63) is 23.0 Å². The lowest BCUT2D eigenvalue weighted by Gasteiger charge is -2.53. The van der Waals surface area contributed by atoms with Gasteiger partial charge in [0.05, 0.1) is 25.1 Å². The van der Waals surface area contributed by atoms with Crippen LogP contribution in [-0.2, 0) is 4.74 Å². The summed E-state index contributed by atoms with van der Waals surface area (Å²) in [4.78, 5) is 0. The molecule has 4 aliphatic carbocycles. The number of ether oxygens (including phenoxy) is 1. The van der Waals surface area contributed by atoms with Crippen LogP contribution in [0.15, 0.2) is 23.0 Å². The van der Waals surface area contributed by atoms with E-state index in [1.165, 1.54) is 17.6 Å². The lowest BCUT2D eigenvalue weighted by atomic mass is 9.54.